The number of ether oxygens (including phenoxy) is 2. The van der Waals surface area contributed by atoms with Gasteiger partial charge in [-0.15, -0.1) is 11.3 Å². The molecule has 0 atom stereocenters. The lowest BCUT2D eigenvalue weighted by Crippen LogP contribution is -2.42. The zero-order valence-electron chi connectivity index (χ0n) is 27.8. The van der Waals surface area contributed by atoms with E-state index < -0.39 is 22.5 Å². The molecule has 0 bridgehead atoms. The maximum absolute atomic E-state index is 13.4. The molecule has 6 rings (SSSR count). The predicted molar refractivity (Wildman–Crippen MR) is 192 cm³/mol. The van der Waals surface area contributed by atoms with Crippen LogP contribution in [0.5, 0.6) is 0 Å². The van der Waals surface area contributed by atoms with Crippen LogP contribution in [-0.2, 0) is 55.4 Å². The van der Waals surface area contributed by atoms with Gasteiger partial charge in [0.25, 0.3) is 11.1 Å². The predicted octanol–water partition coefficient (Wildman–Crippen LogP) is 4.90. The van der Waals surface area contributed by atoms with Gasteiger partial charge in [-0.3, -0.25) is 18.7 Å². The van der Waals surface area contributed by atoms with Gasteiger partial charge in [0.2, 0.25) is 0 Å². The van der Waals surface area contributed by atoms with Gasteiger partial charge >= 0.3 is 11.4 Å². The largest absolute Gasteiger partial charge is 0.421 e. The molecule has 0 amide bonds. The summed E-state index contributed by atoms with van der Waals surface area (Å²) in [5, 5.41) is 22.8. The third kappa shape index (κ3) is 7.41. The van der Waals surface area contributed by atoms with E-state index in [1.807, 2.05) is 78.2 Å². The molecule has 6 aromatic rings. The summed E-state index contributed by atoms with van der Waals surface area (Å²) in [6.07, 6.45) is 0.810. The van der Waals surface area contributed by atoms with Crippen molar-refractivity contribution >= 4 is 11.3 Å². The first-order chi connectivity index (χ1) is 24.8. The minimum absolute atomic E-state index is 0.0672. The molecule has 0 saturated carbocycles. The van der Waals surface area contributed by atoms with E-state index in [2.05, 4.69) is 0 Å². The Bertz CT molecular complexity index is 2360. The van der Waals surface area contributed by atoms with Crippen LogP contribution in [0.3, 0.4) is 0 Å². The quantitative estimate of drug-likeness (QED) is 0.152. The summed E-state index contributed by atoms with van der Waals surface area (Å²) >= 11 is 1.36. The second kappa shape index (κ2) is 15.9. The third-order valence-corrected chi connectivity index (χ3v) is 9.44. The lowest BCUT2D eigenvalue weighted by atomic mass is 9.99. The molecular formula is C38H36N4O8S. The fraction of sp³-hybridized carbons (Fsp3) is 0.211. The van der Waals surface area contributed by atoms with Crippen LogP contribution in [0.4, 0.5) is 0 Å². The number of rotatable bonds is 14. The molecule has 262 valence electrons. The monoisotopic (exact) mass is 708 g/mol. The zero-order valence-corrected chi connectivity index (χ0v) is 28.6. The topological polar surface area (TPSA) is 147 Å². The molecule has 0 aliphatic rings. The molecule has 0 spiro atoms. The van der Waals surface area contributed by atoms with Crippen molar-refractivity contribution in [3.8, 4) is 21.8 Å². The van der Waals surface area contributed by atoms with Crippen LogP contribution in [0.2, 0.25) is 0 Å². The molecule has 3 heterocycles. The number of aromatic nitrogens is 4. The molecule has 51 heavy (non-hydrogen) atoms. The molecule has 12 nitrogen and oxygen atoms in total. The fourth-order valence-electron chi connectivity index (χ4n) is 6.06. The van der Waals surface area contributed by atoms with Crippen molar-refractivity contribution < 1.29 is 19.9 Å². The summed E-state index contributed by atoms with van der Waals surface area (Å²) in [7, 11) is 0. The number of nitrogens with zero attached hydrogens (tertiary/aromatic N) is 4. The van der Waals surface area contributed by atoms with Gasteiger partial charge < -0.3 is 19.9 Å². The number of aryl methyl sites for hydroxylation is 1. The van der Waals surface area contributed by atoms with Gasteiger partial charge in [-0.25, -0.2) is 9.59 Å². The van der Waals surface area contributed by atoms with E-state index in [4.69, 9.17) is 9.47 Å². The van der Waals surface area contributed by atoms with E-state index >= 15 is 0 Å². The first kappa shape index (κ1) is 35.1. The number of thiophene rings is 1. The summed E-state index contributed by atoms with van der Waals surface area (Å²) in [5.74, 6) is 0. The van der Waals surface area contributed by atoms with Gasteiger partial charge in [-0.2, -0.15) is 0 Å². The summed E-state index contributed by atoms with van der Waals surface area (Å²) in [4.78, 5) is 53.2. The molecule has 0 fully saturated rings. The summed E-state index contributed by atoms with van der Waals surface area (Å²) in [6, 6.07) is 29.5. The zero-order chi connectivity index (χ0) is 35.9. The standard InChI is InChI=1S/C38H36N4O8S/c1-2-30-33(28-15-7-4-8-16-28)39(37(45)41(47)35(30)43)24-50-23-29-17-10-9-14-27(29)19-20-31-34(32-18-11-21-51-32)40(38(46)42(48)36(31)44)25-49-22-26-12-5-3-6-13-26/h3-18,21,47-48H,2,19-20,22-25H2,1H3. The number of hydrogen-bond donors (Lipinski definition) is 2. The van der Waals surface area contributed by atoms with Crippen molar-refractivity contribution in [2.24, 2.45) is 0 Å². The fourth-order valence-corrected chi connectivity index (χ4v) is 6.87. The van der Waals surface area contributed by atoms with Crippen LogP contribution in [0.25, 0.3) is 21.8 Å². The van der Waals surface area contributed by atoms with Crippen molar-refractivity contribution in [2.45, 2.75) is 52.9 Å². The molecule has 0 unspecified atom stereocenters. The van der Waals surface area contributed by atoms with E-state index in [0.29, 0.717) is 28.2 Å². The van der Waals surface area contributed by atoms with E-state index in [1.165, 1.54) is 20.5 Å². The molecule has 2 N–H and O–H groups in total. The second-order valence-corrected chi connectivity index (χ2v) is 12.7. The number of hydrogen-bond acceptors (Lipinski definition) is 9. The minimum atomic E-state index is -0.923. The van der Waals surface area contributed by atoms with Crippen LogP contribution in [0.1, 0.15) is 34.7 Å². The van der Waals surface area contributed by atoms with Gasteiger partial charge in [0.05, 0.1) is 29.5 Å². The first-order valence-electron chi connectivity index (χ1n) is 16.3. The molecule has 3 aromatic heterocycles. The van der Waals surface area contributed by atoms with Gasteiger partial charge in [0, 0.05) is 11.1 Å². The van der Waals surface area contributed by atoms with Gasteiger partial charge in [-0.1, -0.05) is 107 Å². The van der Waals surface area contributed by atoms with Crippen molar-refractivity contribution in [2.75, 3.05) is 0 Å². The Morgan fingerprint density at radius 2 is 1.18 bits per heavy atom. The summed E-state index contributed by atoms with van der Waals surface area (Å²) < 4.78 is 14.7. The van der Waals surface area contributed by atoms with Crippen LogP contribution >= 0.6 is 11.3 Å². The Labute approximate surface area is 295 Å². The number of benzene rings is 3. The smallest absolute Gasteiger partial charge is 0.366 e. The molecule has 0 aliphatic carbocycles. The van der Waals surface area contributed by atoms with E-state index in [1.54, 1.807) is 31.2 Å². The van der Waals surface area contributed by atoms with E-state index in [0.717, 1.165) is 16.7 Å². The van der Waals surface area contributed by atoms with Gasteiger partial charge in [0.15, 0.2) is 0 Å². The Balaban J connectivity index is 1.27. The average molecular weight is 709 g/mol. The lowest BCUT2D eigenvalue weighted by molar-refractivity contribution is 0.0527. The molecule has 0 radical (unpaired) electrons. The maximum Gasteiger partial charge on any atom is 0.366 e. The first-order valence-corrected chi connectivity index (χ1v) is 17.2. The Morgan fingerprint density at radius 3 is 1.80 bits per heavy atom. The highest BCUT2D eigenvalue weighted by molar-refractivity contribution is 7.13. The Hall–Kier alpha value is -5.76. The average Bonchev–Trinajstić information content (AvgIpc) is 3.70. The van der Waals surface area contributed by atoms with Crippen molar-refractivity contribution in [1.29, 1.82) is 0 Å². The van der Waals surface area contributed by atoms with E-state index in [9.17, 15) is 29.6 Å². The lowest BCUT2D eigenvalue weighted by Gasteiger charge is -2.18. The van der Waals surface area contributed by atoms with Crippen LogP contribution in [-0.4, -0.2) is 29.0 Å². The second-order valence-electron chi connectivity index (χ2n) is 11.7. The SMILES string of the molecule is CCc1c(-c2ccccc2)n(COCc2ccccc2CCc2c(-c3cccs3)n(COCc3ccccc3)c(=O)n(O)c2=O)c(=O)n(O)c1=O. The normalized spacial score (nSPS) is 11.2. The minimum Gasteiger partial charge on any atom is -0.421 e. The maximum atomic E-state index is 13.4. The molecule has 3 aromatic carbocycles. The van der Waals surface area contributed by atoms with Crippen molar-refractivity contribution in [3.63, 3.8) is 0 Å². The summed E-state index contributed by atoms with van der Waals surface area (Å²) in [5.41, 5.74) is 1.02. The highest BCUT2D eigenvalue weighted by Crippen LogP contribution is 2.27. The molecule has 13 heteroatoms. The highest BCUT2D eigenvalue weighted by atomic mass is 32.1. The van der Waals surface area contributed by atoms with E-state index in [-0.39, 0.29) is 60.1 Å². The van der Waals surface area contributed by atoms with Crippen LogP contribution in [0.15, 0.2) is 122 Å². The van der Waals surface area contributed by atoms with Gasteiger partial charge in [0.1, 0.15) is 13.5 Å². The third-order valence-electron chi connectivity index (χ3n) is 8.56. The Kier molecular flexibility index (Phi) is 10.9. The highest BCUT2D eigenvalue weighted by Gasteiger charge is 2.22. The molecular weight excluding hydrogens is 673 g/mol. The van der Waals surface area contributed by atoms with Gasteiger partial charge in [-0.05, 0) is 53.0 Å². The van der Waals surface area contributed by atoms with Crippen molar-refractivity contribution in [1.82, 2.24) is 18.6 Å². The summed E-state index contributed by atoms with van der Waals surface area (Å²) in [6.45, 7) is 1.62. The Morgan fingerprint density at radius 1 is 0.608 bits per heavy atom. The van der Waals surface area contributed by atoms with Crippen LogP contribution < -0.4 is 22.5 Å². The molecule has 0 saturated heterocycles. The van der Waals surface area contributed by atoms with Crippen molar-refractivity contribution in [3.05, 3.63) is 172 Å². The van der Waals surface area contributed by atoms with Crippen LogP contribution in [0, 0.1) is 0 Å². The molecule has 0 aliphatic heterocycles.